The van der Waals surface area contributed by atoms with E-state index in [2.05, 4.69) is 22.9 Å². The van der Waals surface area contributed by atoms with Crippen molar-refractivity contribution in [1.29, 1.82) is 5.26 Å². The SMILES string of the molecule is COc1ccc(C=CCN=C(S)NC#N)cc1. The smallest absolute Gasteiger partial charge is 0.183 e. The number of benzene rings is 1. The van der Waals surface area contributed by atoms with Crippen LogP contribution in [-0.4, -0.2) is 18.8 Å². The molecule has 1 aromatic carbocycles. The van der Waals surface area contributed by atoms with Gasteiger partial charge in [-0.05, 0) is 17.7 Å². The summed E-state index contributed by atoms with van der Waals surface area (Å²) < 4.78 is 5.06. The summed E-state index contributed by atoms with van der Waals surface area (Å²) in [6, 6.07) is 7.69. The molecule has 0 spiro atoms. The molecule has 4 nitrogen and oxygen atoms in total. The van der Waals surface area contributed by atoms with Crippen molar-refractivity contribution in [3.63, 3.8) is 0 Å². The van der Waals surface area contributed by atoms with Crippen LogP contribution in [0.2, 0.25) is 0 Å². The van der Waals surface area contributed by atoms with Crippen LogP contribution in [0.5, 0.6) is 5.75 Å². The van der Waals surface area contributed by atoms with Gasteiger partial charge in [0, 0.05) is 0 Å². The highest BCUT2D eigenvalue weighted by Crippen LogP contribution is 2.12. The number of methoxy groups -OCH3 is 1. The maximum absolute atomic E-state index is 8.30. The van der Waals surface area contributed by atoms with E-state index < -0.39 is 0 Å². The largest absolute Gasteiger partial charge is 0.497 e. The Balaban J connectivity index is 2.48. The Labute approximate surface area is 106 Å². The summed E-state index contributed by atoms with van der Waals surface area (Å²) in [6.07, 6.45) is 5.57. The lowest BCUT2D eigenvalue weighted by Crippen LogP contribution is -2.10. The third-order valence-electron chi connectivity index (χ3n) is 1.94. The molecule has 0 amide bonds. The third kappa shape index (κ3) is 5.09. The van der Waals surface area contributed by atoms with Crippen LogP contribution in [0.3, 0.4) is 0 Å². The molecule has 0 aliphatic rings. The molecule has 1 rings (SSSR count). The number of hydrogen-bond acceptors (Lipinski definition) is 3. The molecular formula is C12H13N3OS. The molecule has 0 saturated heterocycles. The Morgan fingerprint density at radius 2 is 2.24 bits per heavy atom. The number of nitrogens with one attached hydrogen (secondary N) is 1. The van der Waals surface area contributed by atoms with Gasteiger partial charge in [0.25, 0.3) is 0 Å². The summed E-state index contributed by atoms with van der Waals surface area (Å²) in [5, 5.41) is 10.9. The highest BCUT2D eigenvalue weighted by molar-refractivity contribution is 7.96. The molecule has 0 aliphatic heterocycles. The van der Waals surface area contributed by atoms with Gasteiger partial charge < -0.3 is 4.74 Å². The molecule has 0 radical (unpaired) electrons. The van der Waals surface area contributed by atoms with Crippen LogP contribution in [0.1, 0.15) is 5.56 Å². The van der Waals surface area contributed by atoms with E-state index in [4.69, 9.17) is 10.00 Å². The monoisotopic (exact) mass is 247 g/mol. The van der Waals surface area contributed by atoms with Crippen LogP contribution >= 0.6 is 12.6 Å². The Hall–Kier alpha value is -1.93. The van der Waals surface area contributed by atoms with Gasteiger partial charge in [0.1, 0.15) is 5.75 Å². The van der Waals surface area contributed by atoms with Gasteiger partial charge in [-0.15, -0.1) is 12.6 Å². The zero-order valence-electron chi connectivity index (χ0n) is 9.42. The molecule has 1 aromatic rings. The van der Waals surface area contributed by atoms with Crippen LogP contribution in [-0.2, 0) is 0 Å². The van der Waals surface area contributed by atoms with Crippen molar-refractivity contribution in [1.82, 2.24) is 5.32 Å². The minimum absolute atomic E-state index is 0.312. The summed E-state index contributed by atoms with van der Waals surface area (Å²) in [4.78, 5) is 4.00. The standard InChI is InChI=1S/C12H13N3OS/c1-16-11-6-4-10(5-7-11)3-2-8-14-12(17)15-9-13/h2-7H,8H2,1H3,(H2,14,15,17). The zero-order valence-corrected chi connectivity index (χ0v) is 10.3. The van der Waals surface area contributed by atoms with E-state index in [1.54, 1.807) is 13.3 Å². The summed E-state index contributed by atoms with van der Waals surface area (Å²) >= 11 is 3.96. The lowest BCUT2D eigenvalue weighted by molar-refractivity contribution is 0.415. The van der Waals surface area contributed by atoms with E-state index >= 15 is 0 Å². The number of nitriles is 1. The van der Waals surface area contributed by atoms with Gasteiger partial charge in [-0.1, -0.05) is 24.3 Å². The zero-order chi connectivity index (χ0) is 12.5. The molecular weight excluding hydrogens is 234 g/mol. The van der Waals surface area contributed by atoms with E-state index in [1.165, 1.54) is 0 Å². The summed E-state index contributed by atoms with van der Waals surface area (Å²) in [5.74, 6) is 0.830. The van der Waals surface area contributed by atoms with Crippen molar-refractivity contribution >= 4 is 23.9 Å². The van der Waals surface area contributed by atoms with Crippen molar-refractivity contribution in [3.05, 3.63) is 35.9 Å². The Kier molecular flexibility index (Phi) is 5.69. The Bertz CT molecular complexity index is 446. The van der Waals surface area contributed by atoms with Crippen molar-refractivity contribution < 1.29 is 4.74 Å². The first-order chi connectivity index (χ1) is 8.26. The van der Waals surface area contributed by atoms with Crippen LogP contribution in [0, 0.1) is 11.5 Å². The van der Waals surface area contributed by atoms with Crippen molar-refractivity contribution in [2.45, 2.75) is 0 Å². The molecule has 0 atom stereocenters. The van der Waals surface area contributed by atoms with E-state index in [9.17, 15) is 0 Å². The molecule has 0 bridgehead atoms. The van der Waals surface area contributed by atoms with E-state index in [-0.39, 0.29) is 0 Å². The second-order valence-corrected chi connectivity index (χ2v) is 3.50. The number of ether oxygens (including phenoxy) is 1. The molecule has 0 saturated carbocycles. The fraction of sp³-hybridized carbons (Fsp3) is 0.167. The molecule has 0 fully saturated rings. The van der Waals surface area contributed by atoms with Crippen LogP contribution in [0.25, 0.3) is 6.08 Å². The van der Waals surface area contributed by atoms with Crippen LogP contribution < -0.4 is 10.1 Å². The summed E-state index contributed by atoms with van der Waals surface area (Å²) in [7, 11) is 1.63. The predicted octanol–water partition coefficient (Wildman–Crippen LogP) is 2.06. The maximum atomic E-state index is 8.30. The summed E-state index contributed by atoms with van der Waals surface area (Å²) in [5.41, 5.74) is 1.06. The topological polar surface area (TPSA) is 57.4 Å². The van der Waals surface area contributed by atoms with Gasteiger partial charge >= 0.3 is 0 Å². The van der Waals surface area contributed by atoms with Gasteiger partial charge in [0.2, 0.25) is 0 Å². The van der Waals surface area contributed by atoms with Crippen molar-refractivity contribution in [3.8, 4) is 11.9 Å². The highest BCUT2D eigenvalue weighted by Gasteiger charge is 1.89. The molecule has 17 heavy (non-hydrogen) atoms. The number of amidine groups is 1. The average molecular weight is 247 g/mol. The highest BCUT2D eigenvalue weighted by atomic mass is 32.1. The van der Waals surface area contributed by atoms with Crippen molar-refractivity contribution in [2.24, 2.45) is 4.99 Å². The number of hydrogen-bond donors (Lipinski definition) is 2. The Morgan fingerprint density at radius 3 is 2.82 bits per heavy atom. The molecule has 5 heteroatoms. The van der Waals surface area contributed by atoms with Gasteiger partial charge in [0.15, 0.2) is 11.4 Å². The van der Waals surface area contributed by atoms with E-state index in [0.29, 0.717) is 11.7 Å². The minimum Gasteiger partial charge on any atom is -0.497 e. The quantitative estimate of drug-likeness (QED) is 0.281. The molecule has 88 valence electrons. The maximum Gasteiger partial charge on any atom is 0.183 e. The van der Waals surface area contributed by atoms with Gasteiger partial charge in [-0.25, -0.2) is 0 Å². The Morgan fingerprint density at radius 1 is 1.53 bits per heavy atom. The van der Waals surface area contributed by atoms with Gasteiger partial charge in [-0.2, -0.15) is 5.26 Å². The normalized spacial score (nSPS) is 11.2. The molecule has 1 N–H and O–H groups in total. The third-order valence-corrected chi connectivity index (χ3v) is 2.19. The molecule has 0 aromatic heterocycles. The first kappa shape index (κ1) is 13.1. The number of nitrogens with zero attached hydrogens (tertiary/aromatic N) is 2. The molecule has 0 aliphatic carbocycles. The number of aliphatic imine (C=N–C) groups is 1. The van der Waals surface area contributed by atoms with Crippen LogP contribution in [0.4, 0.5) is 0 Å². The van der Waals surface area contributed by atoms with Gasteiger partial charge in [-0.3, -0.25) is 10.3 Å². The fourth-order valence-electron chi connectivity index (χ4n) is 1.13. The first-order valence-electron chi connectivity index (χ1n) is 4.95. The van der Waals surface area contributed by atoms with E-state index in [0.717, 1.165) is 11.3 Å². The number of rotatable bonds is 4. The molecule has 0 unspecified atom stereocenters. The second kappa shape index (κ2) is 7.36. The lowest BCUT2D eigenvalue weighted by Gasteiger charge is -1.98. The first-order valence-corrected chi connectivity index (χ1v) is 5.40. The number of thiol groups is 1. The fourth-order valence-corrected chi connectivity index (χ4v) is 1.26. The van der Waals surface area contributed by atoms with E-state index in [1.807, 2.05) is 36.4 Å². The average Bonchev–Trinajstić information content (AvgIpc) is 2.36. The predicted molar refractivity (Wildman–Crippen MR) is 72.1 cm³/mol. The molecule has 0 heterocycles. The lowest BCUT2D eigenvalue weighted by atomic mass is 10.2. The minimum atomic E-state index is 0.312. The van der Waals surface area contributed by atoms with Gasteiger partial charge in [0.05, 0.1) is 13.7 Å². The van der Waals surface area contributed by atoms with Crippen LogP contribution in [0.15, 0.2) is 35.3 Å². The summed E-state index contributed by atoms with van der Waals surface area (Å²) in [6.45, 7) is 0.472. The van der Waals surface area contributed by atoms with Crippen molar-refractivity contribution in [2.75, 3.05) is 13.7 Å². The second-order valence-electron chi connectivity index (χ2n) is 3.08.